The third-order valence-electron chi connectivity index (χ3n) is 3.53. The molecule has 5 nitrogen and oxygen atoms in total. The van der Waals surface area contributed by atoms with E-state index in [9.17, 15) is 4.79 Å². The van der Waals surface area contributed by atoms with Crippen molar-refractivity contribution in [2.75, 3.05) is 10.6 Å². The molecule has 0 fully saturated rings. The van der Waals surface area contributed by atoms with Crippen molar-refractivity contribution in [3.8, 4) is 0 Å². The molecule has 2 amide bonds. The molecule has 3 rings (SSSR count). The summed E-state index contributed by atoms with van der Waals surface area (Å²) < 4.78 is 0. The molecule has 0 bridgehead atoms. The van der Waals surface area contributed by atoms with Gasteiger partial charge >= 0.3 is 6.03 Å². The van der Waals surface area contributed by atoms with Crippen LogP contribution in [-0.2, 0) is 0 Å². The standard InChI is InChI=1S/C17H14Cl2N4O/c1-9-10(2)21-15-8-11(6-7-14(15)20-9)22-17(24)23-16-12(18)4-3-5-13(16)19/h3-8H,1-2H3,(H2,22,23,24). The number of hydrogen-bond donors (Lipinski definition) is 2. The van der Waals surface area contributed by atoms with Crippen LogP contribution >= 0.6 is 23.2 Å². The Bertz CT molecular complexity index is 923. The number of aromatic nitrogens is 2. The lowest BCUT2D eigenvalue weighted by atomic mass is 10.2. The van der Waals surface area contributed by atoms with Gasteiger partial charge in [-0.15, -0.1) is 0 Å². The van der Waals surface area contributed by atoms with Crippen molar-refractivity contribution >= 4 is 51.6 Å². The first-order chi connectivity index (χ1) is 11.4. The molecule has 1 heterocycles. The van der Waals surface area contributed by atoms with Crippen molar-refractivity contribution in [1.29, 1.82) is 0 Å². The van der Waals surface area contributed by atoms with E-state index in [1.54, 1.807) is 30.3 Å². The summed E-state index contributed by atoms with van der Waals surface area (Å²) in [5.41, 5.74) is 4.19. The van der Waals surface area contributed by atoms with Crippen molar-refractivity contribution in [3.05, 3.63) is 57.8 Å². The summed E-state index contributed by atoms with van der Waals surface area (Å²) in [4.78, 5) is 21.1. The highest BCUT2D eigenvalue weighted by atomic mass is 35.5. The Morgan fingerprint density at radius 3 is 2.21 bits per heavy atom. The van der Waals surface area contributed by atoms with Gasteiger partial charge in [0.2, 0.25) is 0 Å². The van der Waals surface area contributed by atoms with Gasteiger partial charge in [-0.05, 0) is 44.2 Å². The summed E-state index contributed by atoms with van der Waals surface area (Å²) in [5.74, 6) is 0. The number of benzene rings is 2. The van der Waals surface area contributed by atoms with Crippen LogP contribution in [-0.4, -0.2) is 16.0 Å². The number of carbonyl (C=O) groups excluding carboxylic acids is 1. The Balaban J connectivity index is 1.81. The van der Waals surface area contributed by atoms with E-state index in [-0.39, 0.29) is 0 Å². The number of nitrogens with zero attached hydrogens (tertiary/aromatic N) is 2. The van der Waals surface area contributed by atoms with Gasteiger partial charge in [0.15, 0.2) is 0 Å². The zero-order chi connectivity index (χ0) is 17.3. The molecule has 2 aromatic carbocycles. The van der Waals surface area contributed by atoms with Crippen molar-refractivity contribution in [2.24, 2.45) is 0 Å². The van der Waals surface area contributed by atoms with Crippen LogP contribution in [0.1, 0.15) is 11.4 Å². The second kappa shape index (κ2) is 6.63. The Morgan fingerprint density at radius 2 is 1.54 bits per heavy atom. The Labute approximate surface area is 149 Å². The molecule has 0 aliphatic rings. The van der Waals surface area contributed by atoms with Crippen molar-refractivity contribution in [3.63, 3.8) is 0 Å². The molecule has 0 unspecified atom stereocenters. The molecule has 24 heavy (non-hydrogen) atoms. The highest BCUT2D eigenvalue weighted by Crippen LogP contribution is 2.30. The van der Waals surface area contributed by atoms with Gasteiger partial charge in [-0.3, -0.25) is 0 Å². The summed E-state index contributed by atoms with van der Waals surface area (Å²) in [6.45, 7) is 3.81. The number of hydrogen-bond acceptors (Lipinski definition) is 3. The zero-order valence-electron chi connectivity index (χ0n) is 13.0. The van der Waals surface area contributed by atoms with E-state index in [0.29, 0.717) is 26.9 Å². The van der Waals surface area contributed by atoms with Crippen LogP contribution in [0.5, 0.6) is 0 Å². The first-order valence-corrected chi connectivity index (χ1v) is 7.96. The molecule has 2 N–H and O–H groups in total. The van der Waals surface area contributed by atoms with Gasteiger partial charge in [-0.2, -0.15) is 0 Å². The molecule has 0 atom stereocenters. The lowest BCUT2D eigenvalue weighted by molar-refractivity contribution is 0.262. The topological polar surface area (TPSA) is 66.9 Å². The summed E-state index contributed by atoms with van der Waals surface area (Å²) >= 11 is 12.1. The van der Waals surface area contributed by atoms with Crippen LogP contribution < -0.4 is 10.6 Å². The van der Waals surface area contributed by atoms with E-state index in [2.05, 4.69) is 20.6 Å². The fourth-order valence-corrected chi connectivity index (χ4v) is 2.69. The van der Waals surface area contributed by atoms with E-state index in [1.807, 2.05) is 19.9 Å². The molecular weight excluding hydrogens is 347 g/mol. The summed E-state index contributed by atoms with van der Waals surface area (Å²) in [7, 11) is 0. The first kappa shape index (κ1) is 16.5. The van der Waals surface area contributed by atoms with Crippen LogP contribution in [0.25, 0.3) is 11.0 Å². The molecule has 0 aliphatic heterocycles. The predicted octanol–water partition coefficient (Wildman–Crippen LogP) is 5.20. The molecular formula is C17H14Cl2N4O. The smallest absolute Gasteiger partial charge is 0.308 e. The van der Waals surface area contributed by atoms with Crippen LogP contribution in [0.3, 0.4) is 0 Å². The Morgan fingerprint density at radius 1 is 0.917 bits per heavy atom. The number of halogens is 2. The van der Waals surface area contributed by atoms with Gasteiger partial charge in [0.1, 0.15) is 0 Å². The normalized spacial score (nSPS) is 10.7. The highest BCUT2D eigenvalue weighted by molar-refractivity contribution is 6.39. The maximum Gasteiger partial charge on any atom is 0.323 e. The van der Waals surface area contributed by atoms with E-state index >= 15 is 0 Å². The number of nitrogens with one attached hydrogen (secondary N) is 2. The minimum atomic E-state index is -0.443. The maximum atomic E-state index is 12.2. The number of amides is 2. The highest BCUT2D eigenvalue weighted by Gasteiger charge is 2.10. The van der Waals surface area contributed by atoms with E-state index in [1.165, 1.54) is 0 Å². The fourth-order valence-electron chi connectivity index (χ4n) is 2.20. The number of carbonyl (C=O) groups is 1. The summed E-state index contributed by atoms with van der Waals surface area (Å²) in [5, 5.41) is 6.12. The average molecular weight is 361 g/mol. The van der Waals surface area contributed by atoms with E-state index < -0.39 is 6.03 Å². The third-order valence-corrected chi connectivity index (χ3v) is 4.16. The van der Waals surface area contributed by atoms with Gasteiger partial charge in [0, 0.05) is 5.69 Å². The van der Waals surface area contributed by atoms with E-state index in [0.717, 1.165) is 16.9 Å². The monoisotopic (exact) mass is 360 g/mol. The number of aryl methyl sites for hydroxylation is 2. The zero-order valence-corrected chi connectivity index (χ0v) is 14.5. The number of fused-ring (bicyclic) bond motifs is 1. The number of para-hydroxylation sites is 1. The minimum Gasteiger partial charge on any atom is -0.308 e. The van der Waals surface area contributed by atoms with Gasteiger partial charge in [0.25, 0.3) is 0 Å². The van der Waals surface area contributed by atoms with Crippen LogP contribution in [0.2, 0.25) is 10.0 Å². The molecule has 0 aliphatic carbocycles. The van der Waals surface area contributed by atoms with E-state index in [4.69, 9.17) is 23.2 Å². The molecule has 122 valence electrons. The van der Waals surface area contributed by atoms with Crippen LogP contribution in [0, 0.1) is 13.8 Å². The largest absolute Gasteiger partial charge is 0.323 e. The quantitative estimate of drug-likeness (QED) is 0.659. The number of anilines is 2. The summed E-state index contributed by atoms with van der Waals surface area (Å²) in [6, 6.07) is 9.91. The Hall–Kier alpha value is -2.37. The molecule has 0 spiro atoms. The van der Waals surface area contributed by atoms with Gasteiger partial charge < -0.3 is 10.6 Å². The second-order valence-electron chi connectivity index (χ2n) is 5.27. The number of rotatable bonds is 2. The minimum absolute atomic E-state index is 0.366. The molecule has 0 radical (unpaired) electrons. The predicted molar refractivity (Wildman–Crippen MR) is 98.1 cm³/mol. The van der Waals surface area contributed by atoms with Gasteiger partial charge in [-0.1, -0.05) is 29.3 Å². The molecule has 7 heteroatoms. The number of urea groups is 1. The lowest BCUT2D eigenvalue weighted by Crippen LogP contribution is -2.19. The van der Waals surface area contributed by atoms with Crippen molar-refractivity contribution < 1.29 is 4.79 Å². The molecule has 0 saturated heterocycles. The third kappa shape index (κ3) is 3.42. The molecule has 1 aromatic heterocycles. The average Bonchev–Trinajstić information content (AvgIpc) is 2.52. The first-order valence-electron chi connectivity index (χ1n) is 7.21. The molecule has 0 saturated carbocycles. The van der Waals surface area contributed by atoms with Crippen LogP contribution in [0.4, 0.5) is 16.2 Å². The van der Waals surface area contributed by atoms with Gasteiger partial charge in [0.05, 0.1) is 38.2 Å². The summed E-state index contributed by atoms with van der Waals surface area (Å²) in [6.07, 6.45) is 0. The SMILES string of the molecule is Cc1nc2ccc(NC(=O)Nc3c(Cl)cccc3Cl)cc2nc1C. The Kier molecular flexibility index (Phi) is 4.55. The van der Waals surface area contributed by atoms with Crippen molar-refractivity contribution in [2.45, 2.75) is 13.8 Å². The molecule has 3 aromatic rings. The van der Waals surface area contributed by atoms with Crippen molar-refractivity contribution in [1.82, 2.24) is 9.97 Å². The fraction of sp³-hybridized carbons (Fsp3) is 0.118. The maximum absolute atomic E-state index is 12.2. The van der Waals surface area contributed by atoms with Crippen LogP contribution in [0.15, 0.2) is 36.4 Å². The second-order valence-corrected chi connectivity index (χ2v) is 6.09. The lowest BCUT2D eigenvalue weighted by Gasteiger charge is -2.11. The van der Waals surface area contributed by atoms with Gasteiger partial charge in [-0.25, -0.2) is 14.8 Å².